The Kier molecular flexibility index (Phi) is 5.21. The van der Waals surface area contributed by atoms with E-state index in [2.05, 4.69) is 36.5 Å². The molecule has 2 aromatic carbocycles. The summed E-state index contributed by atoms with van der Waals surface area (Å²) in [5, 5.41) is 3.82. The number of carbonyl (C=O) groups excluding carboxylic acids is 1. The van der Waals surface area contributed by atoms with Gasteiger partial charge in [0.25, 0.3) is 5.91 Å². The third-order valence-electron chi connectivity index (χ3n) is 4.59. The van der Waals surface area contributed by atoms with Crippen molar-refractivity contribution in [3.05, 3.63) is 59.7 Å². The lowest BCUT2D eigenvalue weighted by atomic mass is 10.0. The highest BCUT2D eigenvalue weighted by molar-refractivity contribution is 5.99. The predicted molar refractivity (Wildman–Crippen MR) is 106 cm³/mol. The average molecular weight is 348 g/mol. The van der Waals surface area contributed by atoms with E-state index in [9.17, 15) is 4.79 Å². The number of aromatic nitrogens is 1. The number of aryl methyl sites for hydroxylation is 1. The lowest BCUT2D eigenvalue weighted by Gasteiger charge is -2.13. The maximum atomic E-state index is 12.4. The molecule has 0 spiro atoms. The molecule has 1 N–H and O–H groups in total. The van der Waals surface area contributed by atoms with Gasteiger partial charge in [-0.15, -0.1) is 0 Å². The van der Waals surface area contributed by atoms with Gasteiger partial charge in [-0.25, -0.2) is 4.98 Å². The predicted octanol–water partition coefficient (Wildman–Crippen LogP) is 4.75. The molecular formula is C22H24N2O2. The first-order chi connectivity index (χ1) is 12.5. The number of nitrogens with zero attached hydrogens (tertiary/aromatic N) is 1. The molecule has 1 amide bonds. The molecule has 0 saturated carbocycles. The molecule has 1 aromatic heterocycles. The first-order valence-electron chi connectivity index (χ1n) is 8.88. The van der Waals surface area contributed by atoms with Gasteiger partial charge in [0.1, 0.15) is 5.75 Å². The largest absolute Gasteiger partial charge is 0.496 e. The van der Waals surface area contributed by atoms with Crippen LogP contribution in [0.25, 0.3) is 22.2 Å². The monoisotopic (exact) mass is 348 g/mol. The Hall–Kier alpha value is -2.88. The minimum absolute atomic E-state index is 0.0779. The molecule has 26 heavy (non-hydrogen) atoms. The SMILES string of the molecule is CC[C@H](C)NC(=O)c1ccc2nc(-c3ccc(C)cc3)cc(OC)c2c1. The van der Waals surface area contributed by atoms with Crippen molar-refractivity contribution in [3.8, 4) is 17.0 Å². The third kappa shape index (κ3) is 3.69. The molecule has 0 aliphatic carbocycles. The maximum absolute atomic E-state index is 12.4. The van der Waals surface area contributed by atoms with Crippen molar-refractivity contribution >= 4 is 16.8 Å². The molecule has 1 atom stereocenters. The molecule has 134 valence electrons. The first kappa shape index (κ1) is 17.9. The number of ether oxygens (including phenoxy) is 1. The van der Waals surface area contributed by atoms with Gasteiger partial charge in [0.2, 0.25) is 0 Å². The second kappa shape index (κ2) is 7.56. The summed E-state index contributed by atoms with van der Waals surface area (Å²) < 4.78 is 5.58. The summed E-state index contributed by atoms with van der Waals surface area (Å²) in [5.74, 6) is 0.634. The molecule has 0 aliphatic rings. The number of carbonyl (C=O) groups is 1. The van der Waals surface area contributed by atoms with Crippen LogP contribution in [0.2, 0.25) is 0 Å². The average Bonchev–Trinajstić information content (AvgIpc) is 2.67. The van der Waals surface area contributed by atoms with Gasteiger partial charge < -0.3 is 10.1 Å². The number of hydrogen-bond acceptors (Lipinski definition) is 3. The van der Waals surface area contributed by atoms with E-state index in [-0.39, 0.29) is 11.9 Å². The van der Waals surface area contributed by atoms with Crippen LogP contribution in [-0.2, 0) is 0 Å². The molecule has 0 radical (unpaired) electrons. The summed E-state index contributed by atoms with van der Waals surface area (Å²) in [6.45, 7) is 6.10. The lowest BCUT2D eigenvalue weighted by Crippen LogP contribution is -2.31. The highest BCUT2D eigenvalue weighted by Gasteiger charge is 2.13. The number of amides is 1. The van der Waals surface area contributed by atoms with Crippen LogP contribution < -0.4 is 10.1 Å². The van der Waals surface area contributed by atoms with E-state index in [1.165, 1.54) is 5.56 Å². The molecular weight excluding hydrogens is 324 g/mol. The van der Waals surface area contributed by atoms with Crippen LogP contribution in [0.1, 0.15) is 36.2 Å². The van der Waals surface area contributed by atoms with Crippen molar-refractivity contribution in [3.63, 3.8) is 0 Å². The van der Waals surface area contributed by atoms with Crippen LogP contribution in [-0.4, -0.2) is 24.0 Å². The van der Waals surface area contributed by atoms with E-state index in [1.807, 2.05) is 38.1 Å². The van der Waals surface area contributed by atoms with Crippen molar-refractivity contribution < 1.29 is 9.53 Å². The summed E-state index contributed by atoms with van der Waals surface area (Å²) in [6, 6.07) is 15.8. The van der Waals surface area contributed by atoms with Crippen LogP contribution >= 0.6 is 0 Å². The maximum Gasteiger partial charge on any atom is 0.251 e. The Labute approximate surface area is 154 Å². The van der Waals surface area contributed by atoms with E-state index in [0.29, 0.717) is 11.3 Å². The van der Waals surface area contributed by atoms with Crippen LogP contribution in [0, 0.1) is 6.92 Å². The van der Waals surface area contributed by atoms with Gasteiger partial charge in [0.05, 0.1) is 18.3 Å². The number of benzene rings is 2. The molecule has 1 heterocycles. The molecule has 0 saturated heterocycles. The smallest absolute Gasteiger partial charge is 0.251 e. The summed E-state index contributed by atoms with van der Waals surface area (Å²) >= 11 is 0. The van der Waals surface area contributed by atoms with Gasteiger partial charge in [-0.05, 0) is 38.5 Å². The Morgan fingerprint density at radius 1 is 1.15 bits per heavy atom. The molecule has 0 bridgehead atoms. The zero-order valence-corrected chi connectivity index (χ0v) is 15.7. The Morgan fingerprint density at radius 3 is 2.54 bits per heavy atom. The van der Waals surface area contributed by atoms with Crippen molar-refractivity contribution in [2.45, 2.75) is 33.2 Å². The number of nitrogens with one attached hydrogen (secondary N) is 1. The van der Waals surface area contributed by atoms with Crippen LogP contribution in [0.15, 0.2) is 48.5 Å². The number of fused-ring (bicyclic) bond motifs is 1. The summed E-state index contributed by atoms with van der Waals surface area (Å²) in [6.07, 6.45) is 0.893. The number of hydrogen-bond donors (Lipinski definition) is 1. The molecule has 0 unspecified atom stereocenters. The number of rotatable bonds is 5. The van der Waals surface area contributed by atoms with Crippen molar-refractivity contribution in [2.75, 3.05) is 7.11 Å². The van der Waals surface area contributed by atoms with Crippen LogP contribution in [0.4, 0.5) is 0 Å². The summed E-state index contributed by atoms with van der Waals surface area (Å²) in [4.78, 5) is 17.2. The van der Waals surface area contributed by atoms with E-state index in [4.69, 9.17) is 9.72 Å². The van der Waals surface area contributed by atoms with E-state index in [1.54, 1.807) is 7.11 Å². The molecule has 3 aromatic rings. The highest BCUT2D eigenvalue weighted by Crippen LogP contribution is 2.30. The van der Waals surface area contributed by atoms with Gasteiger partial charge in [-0.3, -0.25) is 4.79 Å². The van der Waals surface area contributed by atoms with E-state index in [0.717, 1.165) is 28.6 Å². The standard InChI is InChI=1S/C22H24N2O2/c1-5-15(3)23-22(25)17-10-11-19-18(12-17)21(26-4)13-20(24-19)16-8-6-14(2)7-9-16/h6-13,15H,5H2,1-4H3,(H,23,25)/t15-/m0/s1. The van der Waals surface area contributed by atoms with Gasteiger partial charge >= 0.3 is 0 Å². The summed E-state index contributed by atoms with van der Waals surface area (Å²) in [5.41, 5.74) is 4.51. The minimum Gasteiger partial charge on any atom is -0.496 e. The van der Waals surface area contributed by atoms with Crippen LogP contribution in [0.3, 0.4) is 0 Å². The van der Waals surface area contributed by atoms with Gasteiger partial charge in [-0.1, -0.05) is 36.8 Å². The Bertz CT molecular complexity index is 933. The van der Waals surface area contributed by atoms with Crippen molar-refractivity contribution in [1.29, 1.82) is 0 Å². The van der Waals surface area contributed by atoms with Gasteiger partial charge in [0.15, 0.2) is 0 Å². The van der Waals surface area contributed by atoms with Crippen molar-refractivity contribution in [2.24, 2.45) is 0 Å². The molecule has 4 nitrogen and oxygen atoms in total. The third-order valence-corrected chi connectivity index (χ3v) is 4.59. The Balaban J connectivity index is 2.03. The van der Waals surface area contributed by atoms with Gasteiger partial charge in [0, 0.05) is 28.6 Å². The fourth-order valence-electron chi connectivity index (χ4n) is 2.79. The second-order valence-corrected chi connectivity index (χ2v) is 6.59. The van der Waals surface area contributed by atoms with Crippen LogP contribution in [0.5, 0.6) is 5.75 Å². The van der Waals surface area contributed by atoms with Crippen molar-refractivity contribution in [1.82, 2.24) is 10.3 Å². The Morgan fingerprint density at radius 2 is 1.88 bits per heavy atom. The fraction of sp³-hybridized carbons (Fsp3) is 0.273. The first-order valence-corrected chi connectivity index (χ1v) is 8.88. The quantitative estimate of drug-likeness (QED) is 0.724. The number of methoxy groups -OCH3 is 1. The molecule has 0 aliphatic heterocycles. The van der Waals surface area contributed by atoms with E-state index >= 15 is 0 Å². The van der Waals surface area contributed by atoms with Gasteiger partial charge in [-0.2, -0.15) is 0 Å². The summed E-state index contributed by atoms with van der Waals surface area (Å²) in [7, 11) is 1.64. The highest BCUT2D eigenvalue weighted by atomic mass is 16.5. The van der Waals surface area contributed by atoms with E-state index < -0.39 is 0 Å². The second-order valence-electron chi connectivity index (χ2n) is 6.59. The topological polar surface area (TPSA) is 51.2 Å². The fourth-order valence-corrected chi connectivity index (χ4v) is 2.79. The molecule has 0 fully saturated rings. The number of pyridine rings is 1. The lowest BCUT2D eigenvalue weighted by molar-refractivity contribution is 0.0939. The molecule has 4 heteroatoms. The zero-order chi connectivity index (χ0) is 18.7. The minimum atomic E-state index is -0.0779. The normalized spacial score (nSPS) is 12.0. The zero-order valence-electron chi connectivity index (χ0n) is 15.7. The molecule has 3 rings (SSSR count).